The zero-order chi connectivity index (χ0) is 14.9. The second-order valence-electron chi connectivity index (χ2n) is 4.21. The van der Waals surface area contributed by atoms with Gasteiger partial charge in [0, 0.05) is 9.79 Å². The summed E-state index contributed by atoms with van der Waals surface area (Å²) in [7, 11) is 0. The van der Waals surface area contributed by atoms with Crippen LogP contribution in [-0.4, -0.2) is 12.2 Å². The number of nitrogens with zero attached hydrogens (tertiary/aromatic N) is 2. The quantitative estimate of drug-likeness (QED) is 0.605. The summed E-state index contributed by atoms with van der Waals surface area (Å²) in [5.41, 5.74) is 1.93. The van der Waals surface area contributed by atoms with Crippen LogP contribution in [0.2, 0.25) is 0 Å². The smallest absolute Gasteiger partial charge is 0.211 e. The molecule has 2 aromatic carbocycles. The molecule has 4 nitrogen and oxygen atoms in total. The van der Waals surface area contributed by atoms with E-state index in [4.69, 9.17) is 0 Å². The van der Waals surface area contributed by atoms with Crippen molar-refractivity contribution in [3.05, 3.63) is 59.7 Å². The molecule has 0 N–H and O–H groups in total. The van der Waals surface area contributed by atoms with Crippen molar-refractivity contribution in [3.8, 4) is 0 Å². The Balaban J connectivity index is 2.13. The fourth-order valence-electron chi connectivity index (χ4n) is 1.80. The van der Waals surface area contributed by atoms with Gasteiger partial charge in [-0.3, -0.25) is 0 Å². The van der Waals surface area contributed by atoms with Crippen LogP contribution in [-0.2, 0) is 22.7 Å². The van der Waals surface area contributed by atoms with E-state index in [1.807, 2.05) is 48.5 Å². The molecule has 0 heterocycles. The average Bonchev–Trinajstić information content (AvgIpc) is 2.52. The van der Waals surface area contributed by atoms with Crippen molar-refractivity contribution in [2.75, 3.05) is 0 Å². The van der Waals surface area contributed by atoms with E-state index in [2.05, 4.69) is 9.98 Å². The molecule has 0 atom stereocenters. The number of isocyanates is 2. The third-order valence-electron chi connectivity index (χ3n) is 2.68. The molecule has 0 aliphatic rings. The van der Waals surface area contributed by atoms with Gasteiger partial charge in [-0.15, -0.1) is 0 Å². The van der Waals surface area contributed by atoms with Crippen LogP contribution in [0.25, 0.3) is 0 Å². The van der Waals surface area contributed by atoms with Gasteiger partial charge in [0.15, 0.2) is 0 Å². The number of rotatable bonds is 6. The molecule has 0 fully saturated rings. The van der Waals surface area contributed by atoms with Crippen LogP contribution in [0.1, 0.15) is 11.1 Å². The summed E-state index contributed by atoms with van der Waals surface area (Å²) in [6.45, 7) is 0.679. The van der Waals surface area contributed by atoms with E-state index in [0.29, 0.717) is 13.1 Å². The first-order valence-electron chi connectivity index (χ1n) is 6.25. The van der Waals surface area contributed by atoms with Crippen molar-refractivity contribution < 1.29 is 9.59 Å². The lowest BCUT2D eigenvalue weighted by molar-refractivity contribution is 0.562. The first-order chi connectivity index (χ1) is 10.3. The highest BCUT2D eigenvalue weighted by Crippen LogP contribution is 2.29. The minimum absolute atomic E-state index is 0.339. The highest BCUT2D eigenvalue weighted by molar-refractivity contribution is 7.99. The van der Waals surface area contributed by atoms with E-state index >= 15 is 0 Å². The molecule has 0 aliphatic heterocycles. The van der Waals surface area contributed by atoms with Gasteiger partial charge in [-0.1, -0.05) is 36.0 Å². The fraction of sp³-hybridized carbons (Fsp3) is 0.125. The average molecular weight is 296 g/mol. The highest BCUT2D eigenvalue weighted by Gasteiger charge is 2.00. The van der Waals surface area contributed by atoms with E-state index in [0.717, 1.165) is 20.9 Å². The van der Waals surface area contributed by atoms with Crippen LogP contribution in [0.15, 0.2) is 68.3 Å². The van der Waals surface area contributed by atoms with Crippen molar-refractivity contribution in [1.29, 1.82) is 0 Å². The third kappa shape index (κ3) is 4.86. The summed E-state index contributed by atoms with van der Waals surface area (Å²) in [4.78, 5) is 29.6. The molecule has 21 heavy (non-hydrogen) atoms. The molecule has 0 saturated carbocycles. The van der Waals surface area contributed by atoms with Gasteiger partial charge in [-0.2, -0.15) is 0 Å². The predicted octanol–water partition coefficient (Wildman–Crippen LogP) is 3.51. The summed E-state index contributed by atoms with van der Waals surface area (Å²) in [6.07, 6.45) is 3.08. The summed E-state index contributed by atoms with van der Waals surface area (Å²) in [5, 5.41) is 0. The topological polar surface area (TPSA) is 58.9 Å². The molecular formula is C16H12N2O2S. The molecule has 2 aromatic rings. The maximum absolute atomic E-state index is 10.1. The molecule has 0 bridgehead atoms. The molecule has 0 aliphatic carbocycles. The SMILES string of the molecule is O=C=NCc1cccc(Sc2cccc(CN=C=O)c2)c1. The van der Waals surface area contributed by atoms with Crippen molar-refractivity contribution >= 4 is 23.9 Å². The molecule has 0 amide bonds. The summed E-state index contributed by atoms with van der Waals surface area (Å²) in [6, 6.07) is 15.7. The van der Waals surface area contributed by atoms with E-state index in [1.165, 1.54) is 12.2 Å². The van der Waals surface area contributed by atoms with Crippen molar-refractivity contribution in [1.82, 2.24) is 0 Å². The van der Waals surface area contributed by atoms with Gasteiger partial charge < -0.3 is 0 Å². The lowest BCUT2D eigenvalue weighted by atomic mass is 10.2. The number of carbonyl (C=O) groups excluding carboxylic acids is 2. The number of hydrogen-bond acceptors (Lipinski definition) is 5. The molecule has 104 valence electrons. The molecule has 2 rings (SSSR count). The molecule has 5 heteroatoms. The Labute approximate surface area is 126 Å². The monoisotopic (exact) mass is 296 g/mol. The summed E-state index contributed by atoms with van der Waals surface area (Å²) < 4.78 is 0. The maximum atomic E-state index is 10.1. The first-order valence-corrected chi connectivity index (χ1v) is 7.06. The van der Waals surface area contributed by atoms with E-state index < -0.39 is 0 Å². The number of aliphatic imine (C=N–C) groups is 2. The van der Waals surface area contributed by atoms with Gasteiger partial charge >= 0.3 is 0 Å². The first kappa shape index (κ1) is 14.9. The Morgan fingerprint density at radius 1 is 0.810 bits per heavy atom. The van der Waals surface area contributed by atoms with Crippen LogP contribution in [0.3, 0.4) is 0 Å². The van der Waals surface area contributed by atoms with E-state index in [-0.39, 0.29) is 0 Å². The second kappa shape index (κ2) is 7.98. The highest BCUT2D eigenvalue weighted by atomic mass is 32.2. The fourth-order valence-corrected chi connectivity index (χ4v) is 2.78. The van der Waals surface area contributed by atoms with E-state index in [9.17, 15) is 9.59 Å². The third-order valence-corrected chi connectivity index (χ3v) is 3.66. The Bertz CT molecular complexity index is 656. The summed E-state index contributed by atoms with van der Waals surface area (Å²) >= 11 is 1.60. The predicted molar refractivity (Wildman–Crippen MR) is 80.7 cm³/mol. The van der Waals surface area contributed by atoms with Crippen molar-refractivity contribution in [2.45, 2.75) is 22.9 Å². The lowest BCUT2D eigenvalue weighted by Crippen LogP contribution is -1.84. The zero-order valence-electron chi connectivity index (χ0n) is 11.2. The van der Waals surface area contributed by atoms with E-state index in [1.54, 1.807) is 11.8 Å². The van der Waals surface area contributed by atoms with Gasteiger partial charge in [0.1, 0.15) is 0 Å². The van der Waals surface area contributed by atoms with Gasteiger partial charge in [0.25, 0.3) is 0 Å². The molecule has 0 radical (unpaired) electrons. The van der Waals surface area contributed by atoms with Crippen LogP contribution < -0.4 is 0 Å². The lowest BCUT2D eigenvalue weighted by Gasteiger charge is -2.05. The van der Waals surface area contributed by atoms with Gasteiger partial charge in [-0.05, 0) is 35.4 Å². The Morgan fingerprint density at radius 2 is 1.29 bits per heavy atom. The largest absolute Gasteiger partial charge is 0.235 e. The normalized spacial score (nSPS) is 9.52. The second-order valence-corrected chi connectivity index (χ2v) is 5.36. The Kier molecular flexibility index (Phi) is 5.68. The van der Waals surface area contributed by atoms with Gasteiger partial charge in [-0.25, -0.2) is 19.6 Å². The number of hydrogen-bond donors (Lipinski definition) is 0. The summed E-state index contributed by atoms with van der Waals surface area (Å²) in [5.74, 6) is 0. The molecule has 0 spiro atoms. The van der Waals surface area contributed by atoms with Crippen LogP contribution in [0.4, 0.5) is 0 Å². The Hall–Kier alpha value is -2.45. The van der Waals surface area contributed by atoms with Crippen molar-refractivity contribution in [3.63, 3.8) is 0 Å². The van der Waals surface area contributed by atoms with Crippen LogP contribution >= 0.6 is 11.8 Å². The van der Waals surface area contributed by atoms with Gasteiger partial charge in [0.05, 0.1) is 13.1 Å². The van der Waals surface area contributed by atoms with Crippen LogP contribution in [0.5, 0.6) is 0 Å². The molecule has 0 saturated heterocycles. The zero-order valence-corrected chi connectivity index (χ0v) is 12.0. The standard InChI is InChI=1S/C16H12N2O2S/c19-11-17-9-13-3-1-5-15(7-13)21-16-6-2-4-14(8-16)10-18-12-20/h1-8H,9-10H2. The van der Waals surface area contributed by atoms with Crippen molar-refractivity contribution in [2.24, 2.45) is 9.98 Å². The molecule has 0 aromatic heterocycles. The van der Waals surface area contributed by atoms with Gasteiger partial charge in [0.2, 0.25) is 12.2 Å². The Morgan fingerprint density at radius 3 is 1.71 bits per heavy atom. The minimum Gasteiger partial charge on any atom is -0.211 e. The molecular weight excluding hydrogens is 284 g/mol. The van der Waals surface area contributed by atoms with Crippen LogP contribution in [0, 0.1) is 0 Å². The molecule has 0 unspecified atom stereocenters. The number of benzene rings is 2. The minimum atomic E-state index is 0.339. The maximum Gasteiger partial charge on any atom is 0.235 e.